The molecule has 0 radical (unpaired) electrons. The number of hydrogen-bond donors (Lipinski definition) is 2. The summed E-state index contributed by atoms with van der Waals surface area (Å²) in [7, 11) is 0. The molecule has 0 aliphatic heterocycles. The van der Waals surface area contributed by atoms with Gasteiger partial charge in [0.05, 0.1) is 0 Å². The van der Waals surface area contributed by atoms with Crippen molar-refractivity contribution in [1.82, 2.24) is 5.32 Å². The summed E-state index contributed by atoms with van der Waals surface area (Å²) in [4.78, 5) is 13.1. The summed E-state index contributed by atoms with van der Waals surface area (Å²) in [6.45, 7) is 6.42. The summed E-state index contributed by atoms with van der Waals surface area (Å²) in [6, 6.07) is 5.98. The summed E-state index contributed by atoms with van der Waals surface area (Å²) in [6.07, 6.45) is 3.46. The molecule has 0 spiro atoms. The average molecular weight is 263 g/mol. The SMILES string of the molecule is Cc1ccc(S)cc1C(=O)NC1CCCC1(C)C. The van der Waals surface area contributed by atoms with Crippen LogP contribution in [0.2, 0.25) is 0 Å². The average Bonchev–Trinajstić information content (AvgIpc) is 2.62. The Morgan fingerprint density at radius 3 is 2.78 bits per heavy atom. The van der Waals surface area contributed by atoms with E-state index in [-0.39, 0.29) is 17.4 Å². The van der Waals surface area contributed by atoms with Gasteiger partial charge in [-0.1, -0.05) is 26.3 Å². The summed E-state index contributed by atoms with van der Waals surface area (Å²) in [5.41, 5.74) is 1.95. The third-order valence-corrected chi connectivity index (χ3v) is 4.31. The Kier molecular flexibility index (Phi) is 3.71. The van der Waals surface area contributed by atoms with Gasteiger partial charge in [-0.2, -0.15) is 0 Å². The zero-order valence-electron chi connectivity index (χ0n) is 11.3. The first-order valence-corrected chi connectivity index (χ1v) is 6.95. The zero-order valence-corrected chi connectivity index (χ0v) is 12.2. The summed E-state index contributed by atoms with van der Waals surface area (Å²) < 4.78 is 0. The minimum absolute atomic E-state index is 0.0309. The summed E-state index contributed by atoms with van der Waals surface area (Å²) in [5, 5.41) is 3.18. The Morgan fingerprint density at radius 1 is 1.44 bits per heavy atom. The van der Waals surface area contributed by atoms with E-state index in [0.717, 1.165) is 22.4 Å². The number of nitrogens with one attached hydrogen (secondary N) is 1. The molecule has 1 N–H and O–H groups in total. The fourth-order valence-electron chi connectivity index (χ4n) is 2.68. The van der Waals surface area contributed by atoms with E-state index in [2.05, 4.69) is 31.8 Å². The number of rotatable bonds is 2. The lowest BCUT2D eigenvalue weighted by molar-refractivity contribution is 0.0909. The van der Waals surface area contributed by atoms with E-state index in [1.807, 2.05) is 25.1 Å². The molecule has 18 heavy (non-hydrogen) atoms. The number of aryl methyl sites for hydroxylation is 1. The van der Waals surface area contributed by atoms with Crippen LogP contribution in [-0.2, 0) is 0 Å². The summed E-state index contributed by atoms with van der Waals surface area (Å²) >= 11 is 4.30. The third-order valence-electron chi connectivity index (χ3n) is 4.03. The highest BCUT2D eigenvalue weighted by atomic mass is 32.1. The number of carbonyl (C=O) groups is 1. The Labute approximate surface area is 115 Å². The van der Waals surface area contributed by atoms with Crippen LogP contribution in [-0.4, -0.2) is 11.9 Å². The molecule has 1 unspecified atom stereocenters. The molecule has 0 saturated heterocycles. The maximum Gasteiger partial charge on any atom is 0.251 e. The van der Waals surface area contributed by atoms with Crippen molar-refractivity contribution in [3.8, 4) is 0 Å². The van der Waals surface area contributed by atoms with Gasteiger partial charge in [0, 0.05) is 16.5 Å². The molecule has 2 rings (SSSR count). The van der Waals surface area contributed by atoms with Crippen LogP contribution in [0.15, 0.2) is 23.1 Å². The molecule has 1 fully saturated rings. The van der Waals surface area contributed by atoms with Gasteiger partial charge in [-0.15, -0.1) is 12.6 Å². The van der Waals surface area contributed by atoms with Gasteiger partial charge in [-0.05, 0) is 42.9 Å². The fraction of sp³-hybridized carbons (Fsp3) is 0.533. The fourth-order valence-corrected chi connectivity index (χ4v) is 2.89. The predicted octanol–water partition coefficient (Wildman–Crippen LogP) is 3.59. The first-order chi connectivity index (χ1) is 8.40. The molecule has 1 atom stereocenters. The minimum Gasteiger partial charge on any atom is -0.349 e. The zero-order chi connectivity index (χ0) is 13.3. The van der Waals surface area contributed by atoms with Gasteiger partial charge < -0.3 is 5.32 Å². The molecule has 0 heterocycles. The second kappa shape index (κ2) is 4.96. The molecule has 98 valence electrons. The largest absolute Gasteiger partial charge is 0.349 e. The Balaban J connectivity index is 2.15. The predicted molar refractivity (Wildman–Crippen MR) is 77.3 cm³/mol. The van der Waals surface area contributed by atoms with Crippen molar-refractivity contribution in [2.24, 2.45) is 5.41 Å². The lowest BCUT2D eigenvalue weighted by atomic mass is 9.87. The van der Waals surface area contributed by atoms with Crippen molar-refractivity contribution >= 4 is 18.5 Å². The quantitative estimate of drug-likeness (QED) is 0.784. The topological polar surface area (TPSA) is 29.1 Å². The molecule has 2 nitrogen and oxygen atoms in total. The first kappa shape index (κ1) is 13.5. The molecule has 1 saturated carbocycles. The number of amides is 1. The van der Waals surface area contributed by atoms with Gasteiger partial charge in [0.1, 0.15) is 0 Å². The Morgan fingerprint density at radius 2 is 2.17 bits per heavy atom. The van der Waals surface area contributed by atoms with Crippen LogP contribution in [0.3, 0.4) is 0 Å². The standard InChI is InChI=1S/C15H21NOS/c1-10-6-7-11(18)9-12(10)14(17)16-13-5-4-8-15(13,2)3/h6-7,9,13,18H,4-5,8H2,1-3H3,(H,16,17). The molecule has 0 bridgehead atoms. The molecule has 1 amide bonds. The van der Waals surface area contributed by atoms with E-state index >= 15 is 0 Å². The van der Waals surface area contributed by atoms with Crippen LogP contribution in [0.4, 0.5) is 0 Å². The maximum absolute atomic E-state index is 12.3. The van der Waals surface area contributed by atoms with E-state index in [0.29, 0.717) is 0 Å². The van der Waals surface area contributed by atoms with Crippen LogP contribution in [0.25, 0.3) is 0 Å². The molecule has 1 aromatic carbocycles. The van der Waals surface area contributed by atoms with Gasteiger partial charge in [-0.3, -0.25) is 4.79 Å². The lowest BCUT2D eigenvalue weighted by Gasteiger charge is -2.28. The molecule has 3 heteroatoms. The number of carbonyl (C=O) groups excluding carboxylic acids is 1. The van der Waals surface area contributed by atoms with E-state index in [9.17, 15) is 4.79 Å². The van der Waals surface area contributed by atoms with Crippen molar-refractivity contribution in [3.63, 3.8) is 0 Å². The van der Waals surface area contributed by atoms with Crippen LogP contribution in [0.1, 0.15) is 49.0 Å². The molecular formula is C15H21NOS. The van der Waals surface area contributed by atoms with Gasteiger partial charge in [-0.25, -0.2) is 0 Å². The van der Waals surface area contributed by atoms with Gasteiger partial charge in [0.15, 0.2) is 0 Å². The maximum atomic E-state index is 12.3. The van der Waals surface area contributed by atoms with Crippen LogP contribution < -0.4 is 5.32 Å². The van der Waals surface area contributed by atoms with E-state index in [1.54, 1.807) is 0 Å². The first-order valence-electron chi connectivity index (χ1n) is 6.50. The lowest BCUT2D eigenvalue weighted by Crippen LogP contribution is -2.41. The van der Waals surface area contributed by atoms with Gasteiger partial charge in [0.2, 0.25) is 0 Å². The van der Waals surface area contributed by atoms with Crippen molar-refractivity contribution in [3.05, 3.63) is 29.3 Å². The molecule has 1 aromatic rings. The van der Waals surface area contributed by atoms with E-state index < -0.39 is 0 Å². The van der Waals surface area contributed by atoms with Crippen LogP contribution in [0.5, 0.6) is 0 Å². The molecule has 0 aromatic heterocycles. The Hall–Kier alpha value is -0.960. The number of benzene rings is 1. The second-order valence-corrected chi connectivity index (χ2v) is 6.42. The van der Waals surface area contributed by atoms with E-state index in [1.165, 1.54) is 12.8 Å². The van der Waals surface area contributed by atoms with Crippen molar-refractivity contribution in [2.45, 2.75) is 51.0 Å². The minimum atomic E-state index is 0.0309. The van der Waals surface area contributed by atoms with E-state index in [4.69, 9.17) is 0 Å². The van der Waals surface area contributed by atoms with Crippen LogP contribution in [0, 0.1) is 12.3 Å². The molecule has 1 aliphatic carbocycles. The van der Waals surface area contributed by atoms with Crippen molar-refractivity contribution in [2.75, 3.05) is 0 Å². The summed E-state index contributed by atoms with van der Waals surface area (Å²) in [5.74, 6) is 0.0309. The highest BCUT2D eigenvalue weighted by molar-refractivity contribution is 7.80. The van der Waals surface area contributed by atoms with Crippen LogP contribution >= 0.6 is 12.6 Å². The smallest absolute Gasteiger partial charge is 0.251 e. The normalized spacial score (nSPS) is 21.9. The second-order valence-electron chi connectivity index (χ2n) is 5.91. The third kappa shape index (κ3) is 2.72. The highest BCUT2D eigenvalue weighted by Crippen LogP contribution is 2.37. The van der Waals surface area contributed by atoms with Gasteiger partial charge >= 0.3 is 0 Å². The molecular weight excluding hydrogens is 242 g/mol. The van der Waals surface area contributed by atoms with Crippen molar-refractivity contribution < 1.29 is 4.79 Å². The highest BCUT2D eigenvalue weighted by Gasteiger charge is 2.35. The number of hydrogen-bond acceptors (Lipinski definition) is 2. The van der Waals surface area contributed by atoms with Crippen molar-refractivity contribution in [1.29, 1.82) is 0 Å². The Bertz CT molecular complexity index is 468. The molecule has 1 aliphatic rings. The number of thiol groups is 1. The monoisotopic (exact) mass is 263 g/mol. The van der Waals surface area contributed by atoms with Gasteiger partial charge in [0.25, 0.3) is 5.91 Å².